The molecular formula is C19H27N5OS. The van der Waals surface area contributed by atoms with Crippen LogP contribution in [0.2, 0.25) is 0 Å². The predicted octanol–water partition coefficient (Wildman–Crippen LogP) is 3.14. The van der Waals surface area contributed by atoms with Gasteiger partial charge in [0.2, 0.25) is 5.91 Å². The molecule has 7 heteroatoms. The van der Waals surface area contributed by atoms with Crippen LogP contribution in [-0.4, -0.2) is 36.5 Å². The van der Waals surface area contributed by atoms with Crippen molar-refractivity contribution in [3.05, 3.63) is 46.3 Å². The standard InChI is InChI=1S/C19H27N5OS/c1-4-20-19(22-12-14(2)16-9-11-26-13-16)21-10-8-18(25)24-17-7-5-6-15(3)23-17/h5-7,9,11,13-14H,4,8,10,12H2,1-3H3,(H2,20,21,22)(H,23,24,25). The van der Waals surface area contributed by atoms with Crippen molar-refractivity contribution in [2.75, 3.05) is 25.0 Å². The minimum atomic E-state index is -0.0712. The lowest BCUT2D eigenvalue weighted by Crippen LogP contribution is -2.39. The van der Waals surface area contributed by atoms with Gasteiger partial charge in [0.05, 0.1) is 0 Å². The van der Waals surface area contributed by atoms with E-state index in [1.165, 1.54) is 5.56 Å². The molecule has 0 aliphatic carbocycles. The minimum absolute atomic E-state index is 0.0712. The summed E-state index contributed by atoms with van der Waals surface area (Å²) in [7, 11) is 0. The zero-order chi connectivity index (χ0) is 18.8. The number of rotatable bonds is 8. The van der Waals surface area contributed by atoms with Crippen molar-refractivity contribution in [2.24, 2.45) is 4.99 Å². The number of aliphatic imine (C=N–C) groups is 1. The van der Waals surface area contributed by atoms with Gasteiger partial charge < -0.3 is 16.0 Å². The van der Waals surface area contributed by atoms with Gasteiger partial charge in [0, 0.05) is 37.7 Å². The molecule has 0 aromatic carbocycles. The van der Waals surface area contributed by atoms with Gasteiger partial charge in [-0.15, -0.1) is 0 Å². The molecular weight excluding hydrogens is 346 g/mol. The van der Waals surface area contributed by atoms with E-state index in [2.05, 4.69) is 49.7 Å². The largest absolute Gasteiger partial charge is 0.357 e. The Morgan fingerprint density at radius 1 is 1.31 bits per heavy atom. The van der Waals surface area contributed by atoms with Crippen molar-refractivity contribution < 1.29 is 4.79 Å². The summed E-state index contributed by atoms with van der Waals surface area (Å²) in [5, 5.41) is 13.5. The number of nitrogens with zero attached hydrogens (tertiary/aromatic N) is 2. The molecule has 0 aliphatic rings. The van der Waals surface area contributed by atoms with Gasteiger partial charge in [-0.2, -0.15) is 11.3 Å². The number of anilines is 1. The first-order chi connectivity index (χ1) is 12.6. The van der Waals surface area contributed by atoms with Crippen LogP contribution in [0.5, 0.6) is 0 Å². The van der Waals surface area contributed by atoms with Gasteiger partial charge in [0.1, 0.15) is 5.82 Å². The number of carbonyl (C=O) groups excluding carboxylic acids is 1. The van der Waals surface area contributed by atoms with Crippen molar-refractivity contribution in [1.29, 1.82) is 0 Å². The monoisotopic (exact) mass is 373 g/mol. The summed E-state index contributed by atoms with van der Waals surface area (Å²) in [4.78, 5) is 20.9. The van der Waals surface area contributed by atoms with Gasteiger partial charge in [0.15, 0.2) is 5.96 Å². The topological polar surface area (TPSA) is 78.4 Å². The van der Waals surface area contributed by atoms with E-state index in [-0.39, 0.29) is 5.91 Å². The van der Waals surface area contributed by atoms with Crippen molar-refractivity contribution >= 4 is 29.0 Å². The number of carbonyl (C=O) groups is 1. The van der Waals surface area contributed by atoms with Crippen LogP contribution in [0, 0.1) is 6.92 Å². The zero-order valence-corrected chi connectivity index (χ0v) is 16.4. The highest BCUT2D eigenvalue weighted by Gasteiger charge is 2.07. The lowest BCUT2D eigenvalue weighted by Gasteiger charge is -2.13. The molecule has 2 aromatic heterocycles. The Kier molecular flexibility index (Phi) is 8.08. The van der Waals surface area contributed by atoms with Gasteiger partial charge in [-0.1, -0.05) is 13.0 Å². The maximum absolute atomic E-state index is 12.0. The third-order valence-electron chi connectivity index (χ3n) is 3.78. The Morgan fingerprint density at radius 3 is 2.85 bits per heavy atom. The third-order valence-corrected chi connectivity index (χ3v) is 4.48. The first kappa shape index (κ1) is 19.9. The van der Waals surface area contributed by atoms with E-state index in [1.807, 2.05) is 26.0 Å². The summed E-state index contributed by atoms with van der Waals surface area (Å²) in [6.45, 7) is 8.07. The number of amides is 1. The smallest absolute Gasteiger partial charge is 0.227 e. The SMILES string of the molecule is CCNC(=NCC(C)c1ccsc1)NCCC(=O)Nc1cccc(C)n1. The second-order valence-electron chi connectivity index (χ2n) is 6.07. The van der Waals surface area contributed by atoms with E-state index in [0.717, 1.165) is 18.2 Å². The molecule has 0 aliphatic heterocycles. The van der Waals surface area contributed by atoms with E-state index >= 15 is 0 Å². The summed E-state index contributed by atoms with van der Waals surface area (Å²) in [6.07, 6.45) is 0.347. The van der Waals surface area contributed by atoms with Crippen molar-refractivity contribution in [1.82, 2.24) is 15.6 Å². The lowest BCUT2D eigenvalue weighted by atomic mass is 10.1. The number of hydrogen-bond acceptors (Lipinski definition) is 4. The van der Waals surface area contributed by atoms with Gasteiger partial charge in [-0.05, 0) is 48.4 Å². The highest BCUT2D eigenvalue weighted by Crippen LogP contribution is 2.18. The maximum Gasteiger partial charge on any atom is 0.227 e. The van der Waals surface area contributed by atoms with Crippen LogP contribution in [-0.2, 0) is 4.79 Å². The van der Waals surface area contributed by atoms with Gasteiger partial charge in [-0.3, -0.25) is 9.79 Å². The van der Waals surface area contributed by atoms with Crippen molar-refractivity contribution in [3.63, 3.8) is 0 Å². The average molecular weight is 374 g/mol. The molecule has 0 radical (unpaired) electrons. The third kappa shape index (κ3) is 6.84. The van der Waals surface area contributed by atoms with Crippen molar-refractivity contribution in [2.45, 2.75) is 33.1 Å². The number of guanidine groups is 1. The van der Waals surface area contributed by atoms with Gasteiger partial charge in [-0.25, -0.2) is 4.98 Å². The fourth-order valence-electron chi connectivity index (χ4n) is 2.34. The number of thiophene rings is 1. The highest BCUT2D eigenvalue weighted by molar-refractivity contribution is 7.07. The average Bonchev–Trinajstić information content (AvgIpc) is 3.14. The Labute approximate surface area is 159 Å². The first-order valence-electron chi connectivity index (χ1n) is 8.86. The molecule has 0 saturated carbocycles. The predicted molar refractivity (Wildman–Crippen MR) is 109 cm³/mol. The quantitative estimate of drug-likeness (QED) is 0.491. The summed E-state index contributed by atoms with van der Waals surface area (Å²) >= 11 is 1.70. The molecule has 1 atom stereocenters. The Hall–Kier alpha value is -2.41. The van der Waals surface area contributed by atoms with E-state index in [9.17, 15) is 4.79 Å². The molecule has 0 saturated heterocycles. The number of pyridine rings is 1. The molecule has 3 N–H and O–H groups in total. The fourth-order valence-corrected chi connectivity index (χ4v) is 3.13. The van der Waals surface area contributed by atoms with E-state index < -0.39 is 0 Å². The van der Waals surface area contributed by atoms with Crippen LogP contribution < -0.4 is 16.0 Å². The van der Waals surface area contributed by atoms with Crippen LogP contribution >= 0.6 is 11.3 Å². The Balaban J connectivity index is 1.78. The molecule has 0 fully saturated rings. The Morgan fingerprint density at radius 2 is 2.15 bits per heavy atom. The fraction of sp³-hybridized carbons (Fsp3) is 0.421. The van der Waals surface area contributed by atoms with Crippen molar-refractivity contribution in [3.8, 4) is 0 Å². The molecule has 0 bridgehead atoms. The van der Waals surface area contributed by atoms with E-state index in [1.54, 1.807) is 17.4 Å². The van der Waals surface area contributed by atoms with Gasteiger partial charge >= 0.3 is 0 Å². The second kappa shape index (κ2) is 10.6. The second-order valence-corrected chi connectivity index (χ2v) is 6.85. The van der Waals surface area contributed by atoms with Gasteiger partial charge in [0.25, 0.3) is 0 Å². The van der Waals surface area contributed by atoms with Crippen LogP contribution in [0.15, 0.2) is 40.0 Å². The molecule has 0 spiro atoms. The van der Waals surface area contributed by atoms with E-state index in [4.69, 9.17) is 0 Å². The summed E-state index contributed by atoms with van der Waals surface area (Å²) in [5.74, 6) is 1.61. The number of hydrogen-bond donors (Lipinski definition) is 3. The summed E-state index contributed by atoms with van der Waals surface area (Å²) < 4.78 is 0. The Bertz CT molecular complexity index is 714. The minimum Gasteiger partial charge on any atom is -0.357 e. The molecule has 1 amide bonds. The number of aryl methyl sites for hydroxylation is 1. The molecule has 6 nitrogen and oxygen atoms in total. The molecule has 2 rings (SSSR count). The zero-order valence-electron chi connectivity index (χ0n) is 15.6. The van der Waals surface area contributed by atoms with Crippen LogP contribution in [0.25, 0.3) is 0 Å². The number of aromatic nitrogens is 1. The van der Waals surface area contributed by atoms with Crippen LogP contribution in [0.3, 0.4) is 0 Å². The number of nitrogens with one attached hydrogen (secondary N) is 3. The highest BCUT2D eigenvalue weighted by atomic mass is 32.1. The first-order valence-corrected chi connectivity index (χ1v) is 9.80. The molecule has 2 heterocycles. The molecule has 2 aromatic rings. The lowest BCUT2D eigenvalue weighted by molar-refractivity contribution is -0.116. The normalized spacial score (nSPS) is 12.5. The molecule has 26 heavy (non-hydrogen) atoms. The molecule has 1 unspecified atom stereocenters. The summed E-state index contributed by atoms with van der Waals surface area (Å²) in [6, 6.07) is 7.69. The molecule has 140 valence electrons. The van der Waals surface area contributed by atoms with Crippen LogP contribution in [0.1, 0.15) is 37.4 Å². The van der Waals surface area contributed by atoms with Crippen LogP contribution in [0.4, 0.5) is 5.82 Å². The maximum atomic E-state index is 12.0. The van der Waals surface area contributed by atoms with E-state index in [0.29, 0.717) is 31.2 Å². The summed E-state index contributed by atoms with van der Waals surface area (Å²) in [5.41, 5.74) is 2.18.